The molecule has 3 rings (SSSR count). The minimum Gasteiger partial charge on any atom is -0.504 e. The number of rotatable bonds is 2. The molecule has 112 valence electrons. The number of pyridine rings is 1. The summed E-state index contributed by atoms with van der Waals surface area (Å²) < 4.78 is 1.46. The van der Waals surface area contributed by atoms with Crippen molar-refractivity contribution in [3.8, 4) is 5.75 Å². The van der Waals surface area contributed by atoms with E-state index in [-0.39, 0.29) is 11.3 Å². The van der Waals surface area contributed by atoms with E-state index >= 15 is 0 Å². The number of aromatic hydroxyl groups is 1. The van der Waals surface area contributed by atoms with Gasteiger partial charge in [0, 0.05) is 18.3 Å². The highest BCUT2D eigenvalue weighted by Crippen LogP contribution is 2.19. The monoisotopic (exact) mass is 287 g/mol. The van der Waals surface area contributed by atoms with Crippen molar-refractivity contribution in [1.82, 2.24) is 14.3 Å². The van der Waals surface area contributed by atoms with Crippen LogP contribution in [0.25, 0.3) is 5.65 Å². The predicted molar refractivity (Wildman–Crippen MR) is 81.5 cm³/mol. The highest BCUT2D eigenvalue weighted by Gasteiger charge is 2.17. The molecule has 0 atom stereocenters. The second-order valence-electron chi connectivity index (χ2n) is 6.06. The Labute approximate surface area is 123 Å². The van der Waals surface area contributed by atoms with Gasteiger partial charge in [-0.1, -0.05) is 6.92 Å². The van der Waals surface area contributed by atoms with Gasteiger partial charge in [-0.15, -0.1) is 0 Å². The van der Waals surface area contributed by atoms with Gasteiger partial charge in [-0.05, 0) is 50.9 Å². The van der Waals surface area contributed by atoms with Crippen molar-refractivity contribution in [1.29, 1.82) is 0 Å². The summed E-state index contributed by atoms with van der Waals surface area (Å²) in [5, 5.41) is 9.95. The SMILES string of the molecule is Cc1ccc(O)c2nc(CN3CCC(C)CC3)cc(=O)n12. The number of nitrogens with zero attached hydrogens (tertiary/aromatic N) is 3. The molecule has 2 aromatic heterocycles. The molecule has 1 aliphatic heterocycles. The Kier molecular flexibility index (Phi) is 3.68. The Morgan fingerprint density at radius 2 is 2.05 bits per heavy atom. The molecule has 0 bridgehead atoms. The minimum absolute atomic E-state index is 0.0480. The molecule has 0 spiro atoms. The van der Waals surface area contributed by atoms with Gasteiger partial charge in [-0.2, -0.15) is 0 Å². The van der Waals surface area contributed by atoms with Crippen molar-refractivity contribution in [2.24, 2.45) is 5.92 Å². The average molecular weight is 287 g/mol. The fourth-order valence-corrected chi connectivity index (χ4v) is 2.92. The van der Waals surface area contributed by atoms with Crippen LogP contribution in [-0.4, -0.2) is 32.5 Å². The molecule has 1 saturated heterocycles. The molecule has 0 aliphatic carbocycles. The summed E-state index contributed by atoms with van der Waals surface area (Å²) in [5.41, 5.74) is 1.73. The van der Waals surface area contributed by atoms with E-state index in [2.05, 4.69) is 16.8 Å². The largest absolute Gasteiger partial charge is 0.504 e. The molecule has 0 aromatic carbocycles. The molecular weight excluding hydrogens is 266 g/mol. The van der Waals surface area contributed by atoms with Crippen LogP contribution in [0.2, 0.25) is 0 Å². The quantitative estimate of drug-likeness (QED) is 0.917. The topological polar surface area (TPSA) is 57.8 Å². The van der Waals surface area contributed by atoms with Gasteiger partial charge in [0.2, 0.25) is 0 Å². The van der Waals surface area contributed by atoms with Crippen LogP contribution in [0.1, 0.15) is 31.2 Å². The highest BCUT2D eigenvalue weighted by molar-refractivity contribution is 5.53. The molecule has 3 heterocycles. The average Bonchev–Trinajstić information content (AvgIpc) is 2.45. The molecule has 0 radical (unpaired) electrons. The first kappa shape index (κ1) is 14.1. The fourth-order valence-electron chi connectivity index (χ4n) is 2.92. The van der Waals surface area contributed by atoms with E-state index in [1.807, 2.05) is 6.92 Å². The van der Waals surface area contributed by atoms with Gasteiger partial charge < -0.3 is 5.11 Å². The molecule has 0 amide bonds. The van der Waals surface area contributed by atoms with E-state index in [4.69, 9.17) is 0 Å². The van der Waals surface area contributed by atoms with Crippen LogP contribution < -0.4 is 5.56 Å². The first-order valence-corrected chi connectivity index (χ1v) is 7.48. The second kappa shape index (κ2) is 5.48. The molecule has 1 fully saturated rings. The molecule has 1 N–H and O–H groups in total. The zero-order chi connectivity index (χ0) is 15.0. The lowest BCUT2D eigenvalue weighted by Gasteiger charge is -2.29. The number of aryl methyl sites for hydroxylation is 1. The maximum absolute atomic E-state index is 12.3. The van der Waals surface area contributed by atoms with Crippen molar-refractivity contribution in [3.05, 3.63) is 39.9 Å². The summed E-state index contributed by atoms with van der Waals surface area (Å²) in [5.74, 6) is 0.829. The second-order valence-corrected chi connectivity index (χ2v) is 6.06. The van der Waals surface area contributed by atoms with Crippen LogP contribution >= 0.6 is 0 Å². The third-order valence-corrected chi connectivity index (χ3v) is 4.30. The van der Waals surface area contributed by atoms with Crippen LogP contribution in [0.15, 0.2) is 23.0 Å². The van der Waals surface area contributed by atoms with Crippen LogP contribution in [0.5, 0.6) is 5.75 Å². The lowest BCUT2D eigenvalue weighted by molar-refractivity contribution is 0.183. The lowest BCUT2D eigenvalue weighted by Crippen LogP contribution is -2.33. The molecule has 5 heteroatoms. The summed E-state index contributed by atoms with van der Waals surface area (Å²) in [6.45, 7) is 6.87. The Morgan fingerprint density at radius 1 is 1.33 bits per heavy atom. The number of aromatic nitrogens is 2. The normalized spacial score (nSPS) is 17.4. The molecule has 0 unspecified atom stereocenters. The number of piperidine rings is 1. The van der Waals surface area contributed by atoms with Crippen LogP contribution in [0.4, 0.5) is 0 Å². The van der Waals surface area contributed by atoms with E-state index in [0.717, 1.165) is 30.4 Å². The smallest absolute Gasteiger partial charge is 0.258 e. The van der Waals surface area contributed by atoms with Gasteiger partial charge >= 0.3 is 0 Å². The van der Waals surface area contributed by atoms with E-state index in [1.54, 1.807) is 18.2 Å². The number of hydrogen-bond acceptors (Lipinski definition) is 4. The van der Waals surface area contributed by atoms with Crippen molar-refractivity contribution in [2.45, 2.75) is 33.2 Å². The fraction of sp³-hybridized carbons (Fsp3) is 0.500. The Morgan fingerprint density at radius 3 is 2.76 bits per heavy atom. The minimum atomic E-state index is -0.131. The first-order chi connectivity index (χ1) is 10.0. The zero-order valence-electron chi connectivity index (χ0n) is 12.5. The van der Waals surface area contributed by atoms with E-state index < -0.39 is 0 Å². The molecule has 0 saturated carbocycles. The summed E-state index contributed by atoms with van der Waals surface area (Å²) in [7, 11) is 0. The number of fused-ring (bicyclic) bond motifs is 1. The molecule has 21 heavy (non-hydrogen) atoms. The van der Waals surface area contributed by atoms with Crippen molar-refractivity contribution in [3.63, 3.8) is 0 Å². The third kappa shape index (κ3) is 2.78. The maximum atomic E-state index is 12.3. The van der Waals surface area contributed by atoms with Crippen LogP contribution in [-0.2, 0) is 6.54 Å². The molecular formula is C16H21N3O2. The summed E-state index contributed by atoms with van der Waals surface area (Å²) in [6, 6.07) is 4.89. The summed E-state index contributed by atoms with van der Waals surface area (Å²) in [4.78, 5) is 19.1. The van der Waals surface area contributed by atoms with Gasteiger partial charge in [-0.25, -0.2) is 4.98 Å². The van der Waals surface area contributed by atoms with Crippen LogP contribution in [0.3, 0.4) is 0 Å². The van der Waals surface area contributed by atoms with E-state index in [0.29, 0.717) is 12.2 Å². The summed E-state index contributed by atoms with van der Waals surface area (Å²) in [6.07, 6.45) is 2.38. The van der Waals surface area contributed by atoms with Gasteiger partial charge in [0.1, 0.15) is 0 Å². The number of likely N-dealkylation sites (tertiary alicyclic amines) is 1. The van der Waals surface area contributed by atoms with E-state index in [1.165, 1.54) is 17.2 Å². The Bertz CT molecular complexity index is 715. The van der Waals surface area contributed by atoms with Gasteiger partial charge in [0.05, 0.1) is 5.69 Å². The summed E-state index contributed by atoms with van der Waals surface area (Å²) >= 11 is 0. The standard InChI is InChI=1S/C16H21N3O2/c1-11-5-7-18(8-6-11)10-13-9-15(21)19-12(2)3-4-14(20)16(19)17-13/h3-4,9,11,20H,5-8,10H2,1-2H3. The molecule has 2 aromatic rings. The number of hydrogen-bond donors (Lipinski definition) is 1. The van der Waals surface area contributed by atoms with Gasteiger partial charge in [0.25, 0.3) is 5.56 Å². The third-order valence-electron chi connectivity index (χ3n) is 4.30. The Hall–Kier alpha value is -1.88. The van der Waals surface area contributed by atoms with E-state index in [9.17, 15) is 9.90 Å². The molecule has 5 nitrogen and oxygen atoms in total. The van der Waals surface area contributed by atoms with Crippen molar-refractivity contribution < 1.29 is 5.11 Å². The lowest BCUT2D eigenvalue weighted by atomic mass is 9.99. The maximum Gasteiger partial charge on any atom is 0.258 e. The first-order valence-electron chi connectivity index (χ1n) is 7.48. The van der Waals surface area contributed by atoms with Crippen molar-refractivity contribution >= 4 is 5.65 Å². The predicted octanol–water partition coefficient (Wildman–Crippen LogP) is 1.94. The van der Waals surface area contributed by atoms with Gasteiger partial charge in [-0.3, -0.25) is 14.1 Å². The highest BCUT2D eigenvalue weighted by atomic mass is 16.3. The van der Waals surface area contributed by atoms with Crippen molar-refractivity contribution in [2.75, 3.05) is 13.1 Å². The Balaban J connectivity index is 1.94. The van der Waals surface area contributed by atoms with Gasteiger partial charge in [0.15, 0.2) is 11.4 Å². The molecule has 1 aliphatic rings. The van der Waals surface area contributed by atoms with Crippen LogP contribution in [0, 0.1) is 12.8 Å². The zero-order valence-corrected chi connectivity index (χ0v) is 12.5.